The van der Waals surface area contributed by atoms with Crippen LogP contribution in [-0.2, 0) is 20.8 Å². The number of aryl methyl sites for hydroxylation is 1. The number of carbonyl (C=O) groups excluding carboxylic acids is 3. The smallest absolute Gasteiger partial charge is 0.313 e. The molecule has 2 aliphatic rings. The van der Waals surface area contributed by atoms with Crippen LogP contribution in [0.4, 0.5) is 11.4 Å². The molecule has 1 aliphatic carbocycles. The highest BCUT2D eigenvalue weighted by Crippen LogP contribution is 2.36. The Morgan fingerprint density at radius 3 is 2.71 bits per heavy atom. The highest BCUT2D eigenvalue weighted by molar-refractivity contribution is 6.39. The minimum absolute atomic E-state index is 0.161. The van der Waals surface area contributed by atoms with Gasteiger partial charge in [0.15, 0.2) is 0 Å². The number of carbonyl (C=O) groups is 3. The fourth-order valence-corrected chi connectivity index (χ4v) is 2.94. The van der Waals surface area contributed by atoms with Gasteiger partial charge in [0.25, 0.3) is 0 Å². The van der Waals surface area contributed by atoms with E-state index in [2.05, 4.69) is 10.6 Å². The third-order valence-electron chi connectivity index (χ3n) is 4.40. The Hall–Kier alpha value is -2.37. The molecule has 6 nitrogen and oxygen atoms in total. The first-order valence-electron chi connectivity index (χ1n) is 8.63. The van der Waals surface area contributed by atoms with Crippen molar-refractivity contribution in [2.45, 2.75) is 39.0 Å². The van der Waals surface area contributed by atoms with Gasteiger partial charge in [0, 0.05) is 30.4 Å². The van der Waals surface area contributed by atoms with Gasteiger partial charge in [-0.15, -0.1) is 0 Å². The lowest BCUT2D eigenvalue weighted by molar-refractivity contribution is -0.136. The molecule has 0 aromatic heterocycles. The summed E-state index contributed by atoms with van der Waals surface area (Å²) < 4.78 is 0. The monoisotopic (exact) mass is 329 g/mol. The molecule has 2 N–H and O–H groups in total. The molecule has 1 aromatic carbocycles. The third kappa shape index (κ3) is 3.58. The fourth-order valence-electron chi connectivity index (χ4n) is 2.94. The van der Waals surface area contributed by atoms with Crippen molar-refractivity contribution in [2.24, 2.45) is 5.92 Å². The summed E-state index contributed by atoms with van der Waals surface area (Å²) >= 11 is 0. The van der Waals surface area contributed by atoms with Gasteiger partial charge in [-0.1, -0.05) is 13.0 Å². The van der Waals surface area contributed by atoms with E-state index in [0.29, 0.717) is 12.2 Å². The Morgan fingerprint density at radius 1 is 1.21 bits per heavy atom. The van der Waals surface area contributed by atoms with Gasteiger partial charge >= 0.3 is 11.8 Å². The molecule has 0 atom stereocenters. The molecule has 24 heavy (non-hydrogen) atoms. The van der Waals surface area contributed by atoms with Crippen LogP contribution >= 0.6 is 0 Å². The van der Waals surface area contributed by atoms with E-state index < -0.39 is 11.8 Å². The van der Waals surface area contributed by atoms with Crippen LogP contribution in [0.25, 0.3) is 0 Å². The van der Waals surface area contributed by atoms with Gasteiger partial charge in [0.2, 0.25) is 5.91 Å². The van der Waals surface area contributed by atoms with Crippen LogP contribution in [0, 0.1) is 5.92 Å². The number of benzene rings is 1. The lowest BCUT2D eigenvalue weighted by Crippen LogP contribution is -2.37. The van der Waals surface area contributed by atoms with Gasteiger partial charge < -0.3 is 15.5 Å². The molecular formula is C18H23N3O3. The maximum absolute atomic E-state index is 12.5. The lowest BCUT2D eigenvalue weighted by atomic mass is 10.0. The standard InChI is InChI=1S/C18H23N3O3/c1-2-9-19-16(22)17(23)20-14-8-7-12-4-3-10-21(15(12)11-14)18(24)13-5-6-13/h7-8,11,13H,2-6,9-10H2,1H3,(H,19,22)(H,20,23). The maximum Gasteiger partial charge on any atom is 0.313 e. The van der Waals surface area contributed by atoms with Gasteiger partial charge in [0.1, 0.15) is 0 Å². The van der Waals surface area contributed by atoms with E-state index in [4.69, 9.17) is 0 Å². The highest BCUT2D eigenvalue weighted by Gasteiger charge is 2.35. The summed E-state index contributed by atoms with van der Waals surface area (Å²) in [6, 6.07) is 5.52. The van der Waals surface area contributed by atoms with Crippen LogP contribution in [0.15, 0.2) is 18.2 Å². The molecule has 1 saturated carbocycles. The molecule has 128 valence electrons. The second kappa shape index (κ2) is 7.03. The Kier molecular flexibility index (Phi) is 4.83. The van der Waals surface area contributed by atoms with E-state index in [1.54, 1.807) is 12.1 Å². The van der Waals surface area contributed by atoms with Crippen molar-refractivity contribution < 1.29 is 14.4 Å². The van der Waals surface area contributed by atoms with E-state index in [1.807, 2.05) is 17.9 Å². The van der Waals surface area contributed by atoms with Crippen LogP contribution in [0.5, 0.6) is 0 Å². The largest absolute Gasteiger partial charge is 0.348 e. The average molecular weight is 329 g/mol. The zero-order valence-corrected chi connectivity index (χ0v) is 13.9. The van der Waals surface area contributed by atoms with Gasteiger partial charge in [-0.25, -0.2) is 0 Å². The summed E-state index contributed by atoms with van der Waals surface area (Å²) in [7, 11) is 0. The number of rotatable bonds is 4. The minimum atomic E-state index is -0.681. The predicted molar refractivity (Wildman–Crippen MR) is 91.8 cm³/mol. The Balaban J connectivity index is 1.74. The van der Waals surface area contributed by atoms with Crippen LogP contribution in [-0.4, -0.2) is 30.8 Å². The minimum Gasteiger partial charge on any atom is -0.348 e. The second-order valence-electron chi connectivity index (χ2n) is 6.42. The normalized spacial score (nSPS) is 16.3. The van der Waals surface area contributed by atoms with Crippen LogP contribution in [0.1, 0.15) is 38.2 Å². The zero-order valence-electron chi connectivity index (χ0n) is 13.9. The van der Waals surface area contributed by atoms with Crippen LogP contribution in [0.3, 0.4) is 0 Å². The lowest BCUT2D eigenvalue weighted by Gasteiger charge is -2.30. The summed E-state index contributed by atoms with van der Waals surface area (Å²) in [5.41, 5.74) is 2.52. The summed E-state index contributed by atoms with van der Waals surface area (Å²) in [4.78, 5) is 37.9. The van der Waals surface area contributed by atoms with Crippen molar-refractivity contribution in [1.29, 1.82) is 0 Å². The first kappa shape index (κ1) is 16.5. The number of fused-ring (bicyclic) bond motifs is 1. The Morgan fingerprint density at radius 2 is 2.00 bits per heavy atom. The molecular weight excluding hydrogens is 306 g/mol. The molecule has 1 heterocycles. The zero-order chi connectivity index (χ0) is 17.1. The highest BCUT2D eigenvalue weighted by atomic mass is 16.2. The number of hydrogen-bond donors (Lipinski definition) is 2. The summed E-state index contributed by atoms with van der Waals surface area (Å²) in [5.74, 6) is -0.978. The molecule has 1 fully saturated rings. The summed E-state index contributed by atoms with van der Waals surface area (Å²) in [5, 5.41) is 5.17. The Bertz CT molecular complexity index is 667. The molecule has 1 aromatic rings. The van der Waals surface area contributed by atoms with Crippen LogP contribution < -0.4 is 15.5 Å². The predicted octanol–water partition coefficient (Wildman–Crippen LogP) is 1.84. The number of anilines is 2. The maximum atomic E-state index is 12.5. The second-order valence-corrected chi connectivity index (χ2v) is 6.42. The Labute approximate surface area is 141 Å². The molecule has 0 saturated heterocycles. The summed E-state index contributed by atoms with van der Waals surface area (Å²) in [6.45, 7) is 3.12. The molecule has 3 amide bonds. The van der Waals surface area contributed by atoms with Crippen molar-refractivity contribution in [2.75, 3.05) is 23.3 Å². The van der Waals surface area contributed by atoms with E-state index >= 15 is 0 Å². The number of hydrogen-bond acceptors (Lipinski definition) is 3. The van der Waals surface area contributed by atoms with Crippen molar-refractivity contribution in [3.8, 4) is 0 Å². The van der Waals surface area contributed by atoms with Gasteiger partial charge in [-0.2, -0.15) is 0 Å². The average Bonchev–Trinajstić information content (AvgIpc) is 3.43. The number of nitrogens with one attached hydrogen (secondary N) is 2. The van der Waals surface area contributed by atoms with Gasteiger partial charge in [-0.05, 0) is 49.8 Å². The van der Waals surface area contributed by atoms with E-state index in [1.165, 1.54) is 0 Å². The quantitative estimate of drug-likeness (QED) is 0.827. The van der Waals surface area contributed by atoms with Crippen molar-refractivity contribution >= 4 is 29.1 Å². The SMILES string of the molecule is CCCNC(=O)C(=O)Nc1ccc2c(c1)N(C(=O)C1CC1)CCC2. The van der Waals surface area contributed by atoms with Gasteiger partial charge in [-0.3, -0.25) is 14.4 Å². The third-order valence-corrected chi connectivity index (χ3v) is 4.40. The van der Waals surface area contributed by atoms with Gasteiger partial charge in [0.05, 0.1) is 0 Å². The van der Waals surface area contributed by atoms with Crippen LogP contribution in [0.2, 0.25) is 0 Å². The van der Waals surface area contributed by atoms with Crippen molar-refractivity contribution in [3.63, 3.8) is 0 Å². The molecule has 0 spiro atoms. The topological polar surface area (TPSA) is 78.5 Å². The molecule has 6 heteroatoms. The molecule has 0 bridgehead atoms. The molecule has 1 aliphatic heterocycles. The van der Waals surface area contributed by atoms with E-state index in [-0.39, 0.29) is 11.8 Å². The van der Waals surface area contributed by atoms with Crippen molar-refractivity contribution in [3.05, 3.63) is 23.8 Å². The first-order chi connectivity index (χ1) is 11.6. The first-order valence-corrected chi connectivity index (χ1v) is 8.63. The fraction of sp³-hybridized carbons (Fsp3) is 0.500. The molecule has 3 rings (SSSR count). The van der Waals surface area contributed by atoms with Crippen molar-refractivity contribution in [1.82, 2.24) is 5.32 Å². The van der Waals surface area contributed by atoms with E-state index in [0.717, 1.165) is 49.9 Å². The number of nitrogens with zero attached hydrogens (tertiary/aromatic N) is 1. The number of amides is 3. The summed E-state index contributed by atoms with van der Waals surface area (Å²) in [6.07, 6.45) is 4.60. The molecule has 0 radical (unpaired) electrons. The molecule has 0 unspecified atom stereocenters. The van der Waals surface area contributed by atoms with E-state index in [9.17, 15) is 14.4 Å².